The number of carbonyl (C=O) groups is 1. The molecule has 0 atom stereocenters. The van der Waals surface area contributed by atoms with Gasteiger partial charge in [-0.05, 0) is 41.8 Å². The van der Waals surface area contributed by atoms with Crippen LogP contribution in [0.4, 0.5) is 0 Å². The third-order valence-corrected chi connectivity index (χ3v) is 4.46. The van der Waals surface area contributed by atoms with Gasteiger partial charge in [0.25, 0.3) is 5.91 Å². The smallest absolute Gasteiger partial charge is 0.253 e. The second kappa shape index (κ2) is 6.57. The van der Waals surface area contributed by atoms with Crippen molar-refractivity contribution < 1.29 is 9.21 Å². The Hall–Kier alpha value is -1.75. The number of hydrogen-bond donors (Lipinski definition) is 1. The molecule has 0 radical (unpaired) electrons. The molecule has 0 aliphatic rings. The van der Waals surface area contributed by atoms with Crippen LogP contribution in [0.1, 0.15) is 16.1 Å². The van der Waals surface area contributed by atoms with Crippen LogP contribution < -0.4 is 5.32 Å². The zero-order chi connectivity index (χ0) is 15.5. The summed E-state index contributed by atoms with van der Waals surface area (Å²) in [7, 11) is 0. The van der Waals surface area contributed by atoms with Crippen molar-refractivity contribution in [2.45, 2.75) is 6.54 Å². The molecule has 0 unspecified atom stereocenters. The zero-order valence-electron chi connectivity index (χ0n) is 11.3. The molecule has 3 rings (SSSR count). The largest absolute Gasteiger partial charge is 0.458 e. The number of benzene rings is 1. The lowest BCUT2D eigenvalue weighted by Gasteiger charge is -2.05. The van der Waals surface area contributed by atoms with E-state index in [9.17, 15) is 4.79 Å². The van der Waals surface area contributed by atoms with Crippen LogP contribution in [0.25, 0.3) is 10.6 Å². The highest BCUT2D eigenvalue weighted by molar-refractivity contribution is 7.13. The summed E-state index contributed by atoms with van der Waals surface area (Å²) in [6.07, 6.45) is 0. The maximum absolute atomic E-state index is 12.1. The molecule has 0 spiro atoms. The van der Waals surface area contributed by atoms with Gasteiger partial charge < -0.3 is 9.73 Å². The molecule has 3 aromatic rings. The first-order chi connectivity index (χ1) is 10.6. The van der Waals surface area contributed by atoms with Gasteiger partial charge in [-0.1, -0.05) is 29.3 Å². The number of rotatable bonds is 4. The first-order valence-corrected chi connectivity index (χ1v) is 8.13. The Morgan fingerprint density at radius 2 is 2.05 bits per heavy atom. The summed E-state index contributed by atoms with van der Waals surface area (Å²) in [5.74, 6) is 1.21. The van der Waals surface area contributed by atoms with E-state index in [2.05, 4.69) is 5.32 Å². The molecule has 112 valence electrons. The third kappa shape index (κ3) is 3.35. The molecule has 0 saturated carbocycles. The molecule has 2 aromatic heterocycles. The SMILES string of the molecule is O=C(NCc1ccc(-c2cccs2)o1)c1ccc(Cl)cc1Cl. The number of hydrogen-bond acceptors (Lipinski definition) is 3. The van der Waals surface area contributed by atoms with Crippen molar-refractivity contribution in [2.75, 3.05) is 0 Å². The minimum Gasteiger partial charge on any atom is -0.458 e. The number of furan rings is 1. The van der Waals surface area contributed by atoms with E-state index >= 15 is 0 Å². The van der Waals surface area contributed by atoms with Gasteiger partial charge >= 0.3 is 0 Å². The van der Waals surface area contributed by atoms with Gasteiger partial charge in [-0.3, -0.25) is 4.79 Å². The second-order valence-electron chi connectivity index (χ2n) is 4.55. The van der Waals surface area contributed by atoms with Gasteiger partial charge in [0.15, 0.2) is 0 Å². The number of nitrogens with one attached hydrogen (secondary N) is 1. The molecule has 0 aliphatic heterocycles. The highest BCUT2D eigenvalue weighted by atomic mass is 35.5. The van der Waals surface area contributed by atoms with Crippen molar-refractivity contribution >= 4 is 40.4 Å². The Kier molecular flexibility index (Phi) is 4.52. The molecule has 2 heterocycles. The van der Waals surface area contributed by atoms with E-state index in [0.29, 0.717) is 27.9 Å². The summed E-state index contributed by atoms with van der Waals surface area (Å²) < 4.78 is 5.71. The van der Waals surface area contributed by atoms with Crippen LogP contribution in [-0.2, 0) is 6.54 Å². The minimum atomic E-state index is -0.268. The Morgan fingerprint density at radius 1 is 1.18 bits per heavy atom. The normalized spacial score (nSPS) is 10.6. The lowest BCUT2D eigenvalue weighted by molar-refractivity contribution is 0.0948. The van der Waals surface area contributed by atoms with Crippen molar-refractivity contribution in [3.05, 3.63) is 69.2 Å². The average Bonchev–Trinajstić information content (AvgIpc) is 3.16. The Labute approximate surface area is 141 Å². The summed E-state index contributed by atoms with van der Waals surface area (Å²) in [6, 6.07) is 12.5. The Balaban J connectivity index is 1.66. The van der Waals surface area contributed by atoms with Crippen molar-refractivity contribution in [2.24, 2.45) is 0 Å². The maximum Gasteiger partial charge on any atom is 0.253 e. The molecule has 0 aliphatic carbocycles. The summed E-state index contributed by atoms with van der Waals surface area (Å²) in [4.78, 5) is 13.2. The fraction of sp³-hybridized carbons (Fsp3) is 0.0625. The summed E-state index contributed by atoms with van der Waals surface area (Å²) >= 11 is 13.4. The van der Waals surface area contributed by atoms with Gasteiger partial charge in [0.1, 0.15) is 11.5 Å². The molecule has 1 N–H and O–H groups in total. The molecule has 6 heteroatoms. The predicted octanol–water partition coefficient (Wildman–Crippen LogP) is 5.24. The quantitative estimate of drug-likeness (QED) is 0.697. The van der Waals surface area contributed by atoms with Gasteiger partial charge in [0, 0.05) is 5.02 Å². The summed E-state index contributed by atoms with van der Waals surface area (Å²) in [6.45, 7) is 0.295. The van der Waals surface area contributed by atoms with Crippen LogP contribution in [0, 0.1) is 0 Å². The lowest BCUT2D eigenvalue weighted by Crippen LogP contribution is -2.22. The van der Waals surface area contributed by atoms with Gasteiger partial charge in [0.2, 0.25) is 0 Å². The summed E-state index contributed by atoms with van der Waals surface area (Å²) in [5.41, 5.74) is 0.385. The molecule has 0 fully saturated rings. The van der Waals surface area contributed by atoms with E-state index in [-0.39, 0.29) is 5.91 Å². The Bertz CT molecular complexity index is 796. The van der Waals surface area contributed by atoms with Gasteiger partial charge in [-0.25, -0.2) is 0 Å². The Morgan fingerprint density at radius 3 is 2.77 bits per heavy atom. The third-order valence-electron chi connectivity index (χ3n) is 3.02. The summed E-state index contributed by atoms with van der Waals surface area (Å²) in [5, 5.41) is 5.58. The molecule has 0 saturated heterocycles. The standard InChI is InChI=1S/C16H11Cl2NO2S/c17-10-3-5-12(13(18)8-10)16(20)19-9-11-4-6-14(21-11)15-2-1-7-22-15/h1-8H,9H2,(H,19,20). The fourth-order valence-electron chi connectivity index (χ4n) is 1.96. The predicted molar refractivity (Wildman–Crippen MR) is 89.7 cm³/mol. The minimum absolute atomic E-state index is 0.268. The van der Waals surface area contributed by atoms with Crippen LogP contribution in [0.5, 0.6) is 0 Å². The zero-order valence-corrected chi connectivity index (χ0v) is 13.6. The second-order valence-corrected chi connectivity index (χ2v) is 6.34. The average molecular weight is 352 g/mol. The van der Waals surface area contributed by atoms with Crippen molar-refractivity contribution in [1.82, 2.24) is 5.32 Å². The van der Waals surface area contributed by atoms with E-state index in [1.54, 1.807) is 29.5 Å². The molecule has 0 bridgehead atoms. The number of halogens is 2. The van der Waals surface area contributed by atoms with Crippen LogP contribution >= 0.6 is 34.5 Å². The molecule has 1 amide bonds. The molecule has 3 nitrogen and oxygen atoms in total. The highest BCUT2D eigenvalue weighted by Crippen LogP contribution is 2.26. The van der Waals surface area contributed by atoms with E-state index < -0.39 is 0 Å². The topological polar surface area (TPSA) is 42.2 Å². The van der Waals surface area contributed by atoms with Gasteiger partial charge in [-0.2, -0.15) is 0 Å². The molecular formula is C16H11Cl2NO2S. The van der Waals surface area contributed by atoms with Crippen molar-refractivity contribution in [3.63, 3.8) is 0 Å². The molecular weight excluding hydrogens is 341 g/mol. The first-order valence-electron chi connectivity index (χ1n) is 6.49. The first kappa shape index (κ1) is 15.2. The van der Waals surface area contributed by atoms with Crippen LogP contribution in [0.2, 0.25) is 10.0 Å². The van der Waals surface area contributed by atoms with Crippen LogP contribution in [0.3, 0.4) is 0 Å². The van der Waals surface area contributed by atoms with E-state index in [1.807, 2.05) is 29.6 Å². The lowest BCUT2D eigenvalue weighted by atomic mass is 10.2. The van der Waals surface area contributed by atoms with E-state index in [4.69, 9.17) is 27.6 Å². The molecule has 1 aromatic carbocycles. The van der Waals surface area contributed by atoms with Gasteiger partial charge in [0.05, 0.1) is 22.0 Å². The van der Waals surface area contributed by atoms with E-state index in [0.717, 1.165) is 10.6 Å². The van der Waals surface area contributed by atoms with E-state index in [1.165, 1.54) is 0 Å². The van der Waals surface area contributed by atoms with Crippen LogP contribution in [0.15, 0.2) is 52.3 Å². The highest BCUT2D eigenvalue weighted by Gasteiger charge is 2.12. The van der Waals surface area contributed by atoms with Crippen molar-refractivity contribution in [1.29, 1.82) is 0 Å². The number of carbonyl (C=O) groups excluding carboxylic acids is 1. The fourth-order valence-corrected chi connectivity index (χ4v) is 3.14. The number of amides is 1. The monoisotopic (exact) mass is 351 g/mol. The number of thiophene rings is 1. The maximum atomic E-state index is 12.1. The van der Waals surface area contributed by atoms with Crippen molar-refractivity contribution in [3.8, 4) is 10.6 Å². The molecule has 22 heavy (non-hydrogen) atoms. The van der Waals surface area contributed by atoms with Crippen LogP contribution in [-0.4, -0.2) is 5.91 Å². The van der Waals surface area contributed by atoms with Gasteiger partial charge in [-0.15, -0.1) is 11.3 Å².